The molecule has 1 aliphatic rings. The number of para-hydroxylation sites is 1. The van der Waals surface area contributed by atoms with Crippen LogP contribution in [0.3, 0.4) is 0 Å². The van der Waals surface area contributed by atoms with Crippen LogP contribution >= 0.6 is 0 Å². The van der Waals surface area contributed by atoms with Gasteiger partial charge < -0.3 is 9.84 Å². The van der Waals surface area contributed by atoms with Crippen LogP contribution in [0.1, 0.15) is 56.0 Å². The largest absolute Gasteiger partial charge is 0.507 e. The zero-order valence-corrected chi connectivity index (χ0v) is 20.8. The van der Waals surface area contributed by atoms with Crippen LogP contribution in [0.5, 0.6) is 5.75 Å². The summed E-state index contributed by atoms with van der Waals surface area (Å²) in [4.78, 5) is 28.2. The van der Waals surface area contributed by atoms with Crippen molar-refractivity contribution in [2.24, 2.45) is 0 Å². The molecule has 180 valence electrons. The number of hydrogen-bond acceptors (Lipinski definition) is 4. The third kappa shape index (κ3) is 4.59. The van der Waals surface area contributed by atoms with E-state index in [4.69, 9.17) is 4.74 Å². The molecule has 0 saturated carbocycles. The van der Waals surface area contributed by atoms with E-state index in [1.54, 1.807) is 18.2 Å². The number of hydrogen-bond donors (Lipinski definition) is 1. The van der Waals surface area contributed by atoms with Gasteiger partial charge in [-0.3, -0.25) is 14.5 Å². The van der Waals surface area contributed by atoms with E-state index < -0.39 is 17.7 Å². The van der Waals surface area contributed by atoms with Gasteiger partial charge in [0, 0.05) is 16.8 Å². The smallest absolute Gasteiger partial charge is 0.300 e. The minimum Gasteiger partial charge on any atom is -0.507 e. The molecule has 0 spiro atoms. The van der Waals surface area contributed by atoms with Gasteiger partial charge in [0.05, 0.1) is 18.2 Å². The standard InChI is InChI=1S/C30H31NO4/c1-6-35-24-16-15-21(18-23(24)30(3,4)5)27(32)25-26(20-12-10-11-19(2)17-20)31(29(34)28(25)33)22-13-8-7-9-14-22/h7-18,26,32H,6H2,1-5H3/b27-25-. The second kappa shape index (κ2) is 9.41. The van der Waals surface area contributed by atoms with E-state index >= 15 is 0 Å². The molecule has 1 saturated heterocycles. The first-order valence-electron chi connectivity index (χ1n) is 11.8. The maximum absolute atomic E-state index is 13.4. The summed E-state index contributed by atoms with van der Waals surface area (Å²) >= 11 is 0. The molecule has 35 heavy (non-hydrogen) atoms. The van der Waals surface area contributed by atoms with Gasteiger partial charge in [-0.25, -0.2) is 0 Å². The Hall–Kier alpha value is -3.86. The highest BCUT2D eigenvalue weighted by molar-refractivity contribution is 6.51. The molecule has 0 radical (unpaired) electrons. The summed E-state index contributed by atoms with van der Waals surface area (Å²) in [5.74, 6) is -0.825. The fraction of sp³-hybridized carbons (Fsp3) is 0.267. The lowest BCUT2D eigenvalue weighted by Gasteiger charge is -2.26. The third-order valence-electron chi connectivity index (χ3n) is 6.20. The second-order valence-corrected chi connectivity index (χ2v) is 9.81. The van der Waals surface area contributed by atoms with Crippen LogP contribution in [-0.2, 0) is 15.0 Å². The molecule has 1 unspecified atom stereocenters. The number of Topliss-reactive ketones (excluding diaryl/α,β-unsaturated/α-hetero) is 1. The maximum atomic E-state index is 13.4. The number of nitrogens with zero attached hydrogens (tertiary/aromatic N) is 1. The molecule has 4 rings (SSSR count). The molecule has 1 atom stereocenters. The van der Waals surface area contributed by atoms with Crippen LogP contribution in [0.2, 0.25) is 0 Å². The van der Waals surface area contributed by atoms with Gasteiger partial charge >= 0.3 is 0 Å². The highest BCUT2D eigenvalue weighted by Gasteiger charge is 2.47. The summed E-state index contributed by atoms with van der Waals surface area (Å²) < 4.78 is 5.81. The van der Waals surface area contributed by atoms with Crippen molar-refractivity contribution in [3.05, 3.63) is 101 Å². The lowest BCUT2D eigenvalue weighted by Crippen LogP contribution is -2.29. The number of ether oxygens (including phenoxy) is 1. The van der Waals surface area contributed by atoms with Crippen LogP contribution in [0.4, 0.5) is 5.69 Å². The predicted molar refractivity (Wildman–Crippen MR) is 139 cm³/mol. The normalized spacial score (nSPS) is 17.6. The zero-order valence-electron chi connectivity index (χ0n) is 20.8. The first-order valence-corrected chi connectivity index (χ1v) is 11.8. The van der Waals surface area contributed by atoms with E-state index in [1.165, 1.54) is 4.90 Å². The fourth-order valence-corrected chi connectivity index (χ4v) is 4.54. The lowest BCUT2D eigenvalue weighted by molar-refractivity contribution is -0.132. The van der Waals surface area contributed by atoms with Crippen molar-refractivity contribution in [2.75, 3.05) is 11.5 Å². The Balaban J connectivity index is 1.95. The Bertz CT molecular complexity index is 1300. The summed E-state index contributed by atoms with van der Waals surface area (Å²) in [6.45, 7) is 10.6. The highest BCUT2D eigenvalue weighted by atomic mass is 16.5. The molecule has 1 fully saturated rings. The van der Waals surface area contributed by atoms with Crippen LogP contribution in [0.15, 0.2) is 78.4 Å². The molecule has 1 aliphatic heterocycles. The van der Waals surface area contributed by atoms with Crippen molar-refractivity contribution in [1.82, 2.24) is 0 Å². The maximum Gasteiger partial charge on any atom is 0.300 e. The van der Waals surface area contributed by atoms with Gasteiger partial charge in [-0.05, 0) is 55.2 Å². The van der Waals surface area contributed by atoms with Crippen molar-refractivity contribution >= 4 is 23.1 Å². The molecule has 1 amide bonds. The number of aliphatic hydroxyl groups excluding tert-OH is 1. The van der Waals surface area contributed by atoms with E-state index in [9.17, 15) is 14.7 Å². The van der Waals surface area contributed by atoms with E-state index in [-0.39, 0.29) is 16.7 Å². The summed E-state index contributed by atoms with van der Waals surface area (Å²) in [6.07, 6.45) is 0. The van der Waals surface area contributed by atoms with Crippen molar-refractivity contribution in [2.45, 2.75) is 46.1 Å². The zero-order chi connectivity index (χ0) is 25.3. The Kier molecular flexibility index (Phi) is 6.53. The number of carbonyl (C=O) groups is 2. The number of anilines is 1. The lowest BCUT2D eigenvalue weighted by atomic mass is 9.84. The quantitative estimate of drug-likeness (QED) is 0.270. The average Bonchev–Trinajstić information content (AvgIpc) is 3.09. The number of amides is 1. The van der Waals surface area contributed by atoms with Crippen LogP contribution in [-0.4, -0.2) is 23.4 Å². The van der Waals surface area contributed by atoms with Gasteiger partial charge in [0.1, 0.15) is 11.5 Å². The molecule has 1 N–H and O–H groups in total. The Labute approximate surface area is 206 Å². The number of ketones is 1. The summed E-state index contributed by atoms with van der Waals surface area (Å²) in [7, 11) is 0. The first kappa shape index (κ1) is 24.3. The van der Waals surface area contributed by atoms with Crippen LogP contribution in [0.25, 0.3) is 5.76 Å². The van der Waals surface area contributed by atoms with Gasteiger partial charge in [-0.15, -0.1) is 0 Å². The Morgan fingerprint density at radius 1 is 0.971 bits per heavy atom. The number of benzene rings is 3. The molecule has 1 heterocycles. The van der Waals surface area contributed by atoms with E-state index in [2.05, 4.69) is 20.8 Å². The van der Waals surface area contributed by atoms with Gasteiger partial charge in [-0.2, -0.15) is 0 Å². The fourth-order valence-electron chi connectivity index (χ4n) is 4.54. The molecule has 3 aromatic carbocycles. The summed E-state index contributed by atoms with van der Waals surface area (Å²) in [6, 6.07) is 21.4. The van der Waals surface area contributed by atoms with Crippen molar-refractivity contribution in [1.29, 1.82) is 0 Å². The monoisotopic (exact) mass is 469 g/mol. The molecule has 5 heteroatoms. The van der Waals surface area contributed by atoms with Gasteiger partial charge in [0.25, 0.3) is 11.7 Å². The van der Waals surface area contributed by atoms with Crippen LogP contribution < -0.4 is 9.64 Å². The molecule has 3 aromatic rings. The van der Waals surface area contributed by atoms with Gasteiger partial charge in [0.15, 0.2) is 0 Å². The Morgan fingerprint density at radius 3 is 2.31 bits per heavy atom. The number of carbonyl (C=O) groups excluding carboxylic acids is 2. The van der Waals surface area contributed by atoms with Crippen molar-refractivity contribution < 1.29 is 19.4 Å². The molecule has 5 nitrogen and oxygen atoms in total. The van der Waals surface area contributed by atoms with Gasteiger partial charge in [0.2, 0.25) is 0 Å². The summed E-state index contributed by atoms with van der Waals surface area (Å²) in [5.41, 5.74) is 3.56. The minimum absolute atomic E-state index is 0.0773. The molecular weight excluding hydrogens is 438 g/mol. The molecule has 0 aromatic heterocycles. The second-order valence-electron chi connectivity index (χ2n) is 9.81. The third-order valence-corrected chi connectivity index (χ3v) is 6.20. The van der Waals surface area contributed by atoms with Crippen molar-refractivity contribution in [3.8, 4) is 5.75 Å². The number of aryl methyl sites for hydroxylation is 1. The first-order chi connectivity index (χ1) is 16.6. The average molecular weight is 470 g/mol. The molecular formula is C30H31NO4. The number of rotatable bonds is 5. The van der Waals surface area contributed by atoms with E-state index in [1.807, 2.05) is 68.4 Å². The topological polar surface area (TPSA) is 66.8 Å². The predicted octanol–water partition coefficient (Wildman–Crippen LogP) is 6.32. The molecule has 0 aliphatic carbocycles. The van der Waals surface area contributed by atoms with E-state index in [0.29, 0.717) is 17.9 Å². The van der Waals surface area contributed by atoms with Crippen LogP contribution in [0, 0.1) is 6.92 Å². The van der Waals surface area contributed by atoms with Gasteiger partial charge in [-0.1, -0.05) is 68.8 Å². The molecule has 0 bridgehead atoms. The minimum atomic E-state index is -0.748. The number of aliphatic hydroxyl groups is 1. The summed E-state index contributed by atoms with van der Waals surface area (Å²) in [5, 5.41) is 11.5. The van der Waals surface area contributed by atoms with Crippen molar-refractivity contribution in [3.63, 3.8) is 0 Å². The SMILES string of the molecule is CCOc1ccc(/C(O)=C2/C(=O)C(=O)N(c3ccccc3)C2c2cccc(C)c2)cc1C(C)(C)C. The Morgan fingerprint density at radius 2 is 1.69 bits per heavy atom. The highest BCUT2D eigenvalue weighted by Crippen LogP contribution is 2.43. The van der Waals surface area contributed by atoms with E-state index in [0.717, 1.165) is 22.4 Å².